The Kier molecular flexibility index (Phi) is 3.81. The summed E-state index contributed by atoms with van der Waals surface area (Å²) in [5.74, 6) is -0.845. The number of benzene rings is 1. The van der Waals surface area contributed by atoms with Crippen LogP contribution in [0, 0.1) is 0 Å². The van der Waals surface area contributed by atoms with Gasteiger partial charge in [-0.1, -0.05) is 0 Å². The molecule has 2 aromatic heterocycles. The van der Waals surface area contributed by atoms with Crippen molar-refractivity contribution in [1.29, 1.82) is 0 Å². The Balaban J connectivity index is 1.69. The van der Waals surface area contributed by atoms with Crippen LogP contribution in [0.1, 0.15) is 18.5 Å². The summed E-state index contributed by atoms with van der Waals surface area (Å²) < 4.78 is 39.1. The number of nitrogens with zero attached hydrogens (tertiary/aromatic N) is 2. The molecule has 0 atom stereocenters. The first-order chi connectivity index (χ1) is 12.7. The number of fused-ring (bicyclic) bond motifs is 1. The molecular weight excluding hydrogens is 363 g/mol. The average Bonchev–Trinajstić information content (AvgIpc) is 3.19. The van der Waals surface area contributed by atoms with E-state index in [0.717, 1.165) is 23.0 Å². The van der Waals surface area contributed by atoms with E-state index in [1.54, 1.807) is 24.4 Å². The number of aromatic amines is 1. The Hall–Kier alpha value is -3.14. The number of H-pyrrole nitrogens is 1. The van der Waals surface area contributed by atoms with Crippen LogP contribution in [0.5, 0.6) is 0 Å². The topological polar surface area (TPSA) is 103 Å². The number of hydrogen-bond acceptors (Lipinski definition) is 5. The molecule has 4 rings (SSSR count). The van der Waals surface area contributed by atoms with Gasteiger partial charge in [-0.3, -0.25) is 9.89 Å². The highest BCUT2D eigenvalue weighted by Crippen LogP contribution is 2.38. The Morgan fingerprint density at radius 1 is 1.22 bits per heavy atom. The molecule has 4 N–H and O–H groups in total. The molecule has 3 aromatic rings. The van der Waals surface area contributed by atoms with Crippen molar-refractivity contribution in [2.75, 3.05) is 10.6 Å². The van der Waals surface area contributed by atoms with E-state index >= 15 is 0 Å². The summed E-state index contributed by atoms with van der Waals surface area (Å²) in [5, 5.41) is 22.5. The van der Waals surface area contributed by atoms with E-state index in [9.17, 15) is 23.1 Å². The zero-order valence-corrected chi connectivity index (χ0v) is 13.8. The third kappa shape index (κ3) is 3.43. The summed E-state index contributed by atoms with van der Waals surface area (Å²) in [6, 6.07) is 6.92. The lowest BCUT2D eigenvalue weighted by molar-refractivity contribution is -0.141. The fraction of sp³-hybridized carbons (Fsp3) is 0.235. The molecule has 0 spiro atoms. The minimum atomic E-state index is -4.64. The lowest BCUT2D eigenvalue weighted by Crippen LogP contribution is -2.29. The predicted octanol–water partition coefficient (Wildman–Crippen LogP) is 3.18. The first kappa shape index (κ1) is 17.3. The monoisotopic (exact) mass is 377 g/mol. The molecule has 1 aromatic carbocycles. The van der Waals surface area contributed by atoms with Gasteiger partial charge in [-0.2, -0.15) is 18.3 Å². The lowest BCUT2D eigenvalue weighted by atomic mass is 10.2. The number of carbonyl (C=O) groups is 1. The molecular formula is C17H14F3N5O2. The Morgan fingerprint density at radius 3 is 2.70 bits per heavy atom. The van der Waals surface area contributed by atoms with E-state index in [0.29, 0.717) is 18.5 Å². The molecule has 140 valence electrons. The fourth-order valence-electron chi connectivity index (χ4n) is 2.55. The third-order valence-corrected chi connectivity index (χ3v) is 4.28. The van der Waals surface area contributed by atoms with Crippen LogP contribution >= 0.6 is 0 Å². The van der Waals surface area contributed by atoms with Crippen LogP contribution in [0.2, 0.25) is 0 Å². The average molecular weight is 377 g/mol. The number of anilines is 3. The smallest absolute Gasteiger partial charge is 0.380 e. The number of nitrogens with one attached hydrogen (secondary N) is 3. The molecule has 1 saturated carbocycles. The van der Waals surface area contributed by atoms with Gasteiger partial charge in [0.15, 0.2) is 5.82 Å². The zero-order valence-electron chi connectivity index (χ0n) is 13.8. The van der Waals surface area contributed by atoms with Gasteiger partial charge >= 0.3 is 6.18 Å². The summed E-state index contributed by atoms with van der Waals surface area (Å²) in [7, 11) is 0. The second kappa shape index (κ2) is 5.95. The van der Waals surface area contributed by atoms with Crippen LogP contribution in [-0.2, 0) is 11.0 Å². The van der Waals surface area contributed by atoms with Gasteiger partial charge < -0.3 is 15.7 Å². The maximum Gasteiger partial charge on any atom is 0.433 e. The Labute approximate surface area is 150 Å². The highest BCUT2D eigenvalue weighted by molar-refractivity contribution is 6.01. The molecule has 27 heavy (non-hydrogen) atoms. The number of aromatic nitrogens is 3. The standard InChI is InChI=1S/C17H14F3N5O2/c18-17(19,20)13-4-3-12(23-15(26)16(27)5-6-16)14(24-13)22-10-1-2-11-9(7-10)8-21-25-11/h1-4,7-8,27H,5-6H2,(H,21,25)(H,22,24)(H,23,26). The van der Waals surface area contributed by atoms with Crippen molar-refractivity contribution in [3.8, 4) is 0 Å². The van der Waals surface area contributed by atoms with E-state index in [-0.39, 0.29) is 11.5 Å². The van der Waals surface area contributed by atoms with Gasteiger partial charge in [0, 0.05) is 11.1 Å². The number of pyridine rings is 1. The second-order valence-corrected chi connectivity index (χ2v) is 6.37. The maximum absolute atomic E-state index is 13.0. The molecule has 0 saturated heterocycles. The number of alkyl halides is 3. The van der Waals surface area contributed by atoms with Crippen molar-refractivity contribution in [2.45, 2.75) is 24.6 Å². The summed E-state index contributed by atoms with van der Waals surface area (Å²) >= 11 is 0. The Bertz CT molecular complexity index is 1030. The molecule has 1 amide bonds. The highest BCUT2D eigenvalue weighted by atomic mass is 19.4. The molecule has 0 bridgehead atoms. The SMILES string of the molecule is O=C(Nc1ccc(C(F)(F)F)nc1Nc1ccc2[nH]ncc2c1)C1(O)CC1. The van der Waals surface area contributed by atoms with Gasteiger partial charge in [0.25, 0.3) is 5.91 Å². The summed E-state index contributed by atoms with van der Waals surface area (Å²) in [5.41, 5.74) is -1.29. The molecule has 1 fully saturated rings. The molecule has 1 aliphatic carbocycles. The second-order valence-electron chi connectivity index (χ2n) is 6.37. The highest BCUT2D eigenvalue weighted by Gasteiger charge is 2.48. The first-order valence-electron chi connectivity index (χ1n) is 8.07. The zero-order chi connectivity index (χ0) is 19.2. The van der Waals surface area contributed by atoms with Crippen LogP contribution in [0.25, 0.3) is 10.9 Å². The third-order valence-electron chi connectivity index (χ3n) is 4.28. The van der Waals surface area contributed by atoms with Gasteiger partial charge in [-0.15, -0.1) is 0 Å². The normalized spacial score (nSPS) is 15.6. The largest absolute Gasteiger partial charge is 0.433 e. The number of amides is 1. The maximum atomic E-state index is 13.0. The van der Waals surface area contributed by atoms with Crippen molar-refractivity contribution < 1.29 is 23.1 Å². The number of carbonyl (C=O) groups excluding carboxylic acids is 1. The number of aliphatic hydroxyl groups is 1. The van der Waals surface area contributed by atoms with Crippen LogP contribution in [0.4, 0.5) is 30.4 Å². The molecule has 0 radical (unpaired) electrons. The summed E-state index contributed by atoms with van der Waals surface area (Å²) in [6.45, 7) is 0. The Morgan fingerprint density at radius 2 is 2.00 bits per heavy atom. The van der Waals surface area contributed by atoms with E-state index in [1.807, 2.05) is 0 Å². The van der Waals surface area contributed by atoms with Crippen LogP contribution in [0.15, 0.2) is 36.5 Å². The van der Waals surface area contributed by atoms with E-state index in [2.05, 4.69) is 25.8 Å². The van der Waals surface area contributed by atoms with E-state index in [4.69, 9.17) is 0 Å². The van der Waals surface area contributed by atoms with E-state index < -0.39 is 23.4 Å². The summed E-state index contributed by atoms with van der Waals surface area (Å²) in [6.07, 6.45) is -2.44. The van der Waals surface area contributed by atoms with Crippen molar-refractivity contribution in [1.82, 2.24) is 15.2 Å². The first-order valence-corrected chi connectivity index (χ1v) is 8.07. The van der Waals surface area contributed by atoms with Crippen molar-refractivity contribution in [3.05, 3.63) is 42.2 Å². The van der Waals surface area contributed by atoms with Crippen LogP contribution in [0.3, 0.4) is 0 Å². The minimum Gasteiger partial charge on any atom is -0.380 e. The lowest BCUT2D eigenvalue weighted by Gasteiger charge is -2.16. The molecule has 2 heterocycles. The van der Waals surface area contributed by atoms with Gasteiger partial charge in [0.2, 0.25) is 0 Å². The van der Waals surface area contributed by atoms with Gasteiger partial charge in [0.1, 0.15) is 11.3 Å². The fourth-order valence-corrected chi connectivity index (χ4v) is 2.55. The molecule has 1 aliphatic rings. The summed E-state index contributed by atoms with van der Waals surface area (Å²) in [4.78, 5) is 15.7. The van der Waals surface area contributed by atoms with Crippen LogP contribution < -0.4 is 10.6 Å². The van der Waals surface area contributed by atoms with Gasteiger partial charge in [0.05, 0.1) is 17.4 Å². The molecule has 7 nitrogen and oxygen atoms in total. The van der Waals surface area contributed by atoms with Crippen molar-refractivity contribution in [3.63, 3.8) is 0 Å². The van der Waals surface area contributed by atoms with E-state index in [1.165, 1.54) is 0 Å². The number of rotatable bonds is 4. The van der Waals surface area contributed by atoms with Crippen molar-refractivity contribution in [2.24, 2.45) is 0 Å². The number of halogens is 3. The van der Waals surface area contributed by atoms with Crippen molar-refractivity contribution >= 4 is 34.0 Å². The van der Waals surface area contributed by atoms with Gasteiger partial charge in [-0.25, -0.2) is 4.98 Å². The predicted molar refractivity (Wildman–Crippen MR) is 91.4 cm³/mol. The van der Waals surface area contributed by atoms with Crippen LogP contribution in [-0.4, -0.2) is 31.8 Å². The van der Waals surface area contributed by atoms with Gasteiger partial charge in [-0.05, 0) is 43.2 Å². The quantitative estimate of drug-likeness (QED) is 0.559. The molecule has 10 heteroatoms. The molecule has 0 unspecified atom stereocenters. The minimum absolute atomic E-state index is 0.0422. The number of hydrogen-bond donors (Lipinski definition) is 4. The molecule has 0 aliphatic heterocycles.